The van der Waals surface area contributed by atoms with Crippen LogP contribution in [0.5, 0.6) is 0 Å². The Bertz CT molecular complexity index is 188. The van der Waals surface area contributed by atoms with Crippen molar-refractivity contribution < 1.29 is 14.7 Å². The van der Waals surface area contributed by atoms with Gasteiger partial charge in [0.2, 0.25) is 5.91 Å². The van der Waals surface area contributed by atoms with E-state index in [1.165, 1.54) is 0 Å². The van der Waals surface area contributed by atoms with Crippen molar-refractivity contribution in [2.75, 3.05) is 39.3 Å². The van der Waals surface area contributed by atoms with Gasteiger partial charge in [-0.15, -0.1) is 0 Å². The summed E-state index contributed by atoms with van der Waals surface area (Å²) < 4.78 is 0. The highest BCUT2D eigenvalue weighted by molar-refractivity contribution is 5.77. The molecule has 1 fully saturated rings. The number of aliphatic hydroxyl groups is 1. The van der Waals surface area contributed by atoms with Gasteiger partial charge in [0.25, 0.3) is 0 Å². The number of carbonyl (C=O) groups excluding carboxylic acids is 2. The number of amides is 1. The smallest absolute Gasteiger partial charge is 0.248 e. The molecule has 1 aliphatic heterocycles. The van der Waals surface area contributed by atoms with Crippen molar-refractivity contribution in [2.24, 2.45) is 0 Å². The predicted octanol–water partition coefficient (Wildman–Crippen LogP) is -1.68. The fraction of sp³-hybridized carbons (Fsp3) is 0.750. The standard InChI is InChI=1S/C8H14N2O3/c11-6-5-9-1-3-10(4-2-9)8(13)7-12/h6,12H,1-5,7H2. The van der Waals surface area contributed by atoms with Gasteiger partial charge in [-0.1, -0.05) is 0 Å². The van der Waals surface area contributed by atoms with Gasteiger partial charge in [-0.2, -0.15) is 0 Å². The van der Waals surface area contributed by atoms with E-state index in [0.717, 1.165) is 6.29 Å². The summed E-state index contributed by atoms with van der Waals surface area (Å²) in [7, 11) is 0. The normalized spacial score (nSPS) is 18.7. The largest absolute Gasteiger partial charge is 0.387 e. The van der Waals surface area contributed by atoms with Gasteiger partial charge < -0.3 is 14.8 Å². The van der Waals surface area contributed by atoms with Gasteiger partial charge in [-0.05, 0) is 0 Å². The first-order valence-electron chi connectivity index (χ1n) is 4.32. The lowest BCUT2D eigenvalue weighted by atomic mass is 10.3. The number of aldehydes is 1. The SMILES string of the molecule is O=CCN1CCN(C(=O)CO)CC1. The number of hydrogen-bond donors (Lipinski definition) is 1. The Balaban J connectivity index is 2.30. The molecule has 0 spiro atoms. The number of nitrogens with zero attached hydrogens (tertiary/aromatic N) is 2. The Morgan fingerprint density at radius 3 is 2.38 bits per heavy atom. The van der Waals surface area contributed by atoms with Crippen molar-refractivity contribution in [1.29, 1.82) is 0 Å². The van der Waals surface area contributed by atoms with Gasteiger partial charge in [0.15, 0.2) is 0 Å². The monoisotopic (exact) mass is 186 g/mol. The first-order valence-corrected chi connectivity index (χ1v) is 4.32. The molecule has 1 N–H and O–H groups in total. The zero-order chi connectivity index (χ0) is 9.68. The first-order chi connectivity index (χ1) is 6.27. The average Bonchev–Trinajstić information content (AvgIpc) is 2.18. The van der Waals surface area contributed by atoms with E-state index in [9.17, 15) is 9.59 Å². The lowest BCUT2D eigenvalue weighted by Gasteiger charge is -2.33. The van der Waals surface area contributed by atoms with Crippen molar-refractivity contribution in [3.8, 4) is 0 Å². The fourth-order valence-electron chi connectivity index (χ4n) is 1.39. The van der Waals surface area contributed by atoms with Crippen molar-refractivity contribution in [3.05, 3.63) is 0 Å². The summed E-state index contributed by atoms with van der Waals surface area (Å²) in [6.07, 6.45) is 0.865. The molecule has 0 bridgehead atoms. The molecule has 1 heterocycles. The molecule has 13 heavy (non-hydrogen) atoms. The molecule has 0 unspecified atom stereocenters. The van der Waals surface area contributed by atoms with Crippen LogP contribution in [0.2, 0.25) is 0 Å². The van der Waals surface area contributed by atoms with Gasteiger partial charge in [0.1, 0.15) is 12.9 Å². The Morgan fingerprint density at radius 2 is 1.92 bits per heavy atom. The molecule has 0 aromatic rings. The third-order valence-corrected chi connectivity index (χ3v) is 2.19. The number of aliphatic hydroxyl groups excluding tert-OH is 1. The number of piperazine rings is 1. The molecule has 0 radical (unpaired) electrons. The third-order valence-electron chi connectivity index (χ3n) is 2.19. The van der Waals surface area contributed by atoms with Crippen LogP contribution in [0.3, 0.4) is 0 Å². The molecule has 1 aliphatic rings. The molecule has 0 aromatic heterocycles. The second kappa shape index (κ2) is 4.94. The van der Waals surface area contributed by atoms with Crippen LogP contribution in [-0.4, -0.2) is 66.4 Å². The summed E-state index contributed by atoms with van der Waals surface area (Å²) in [6, 6.07) is 0. The van der Waals surface area contributed by atoms with Crippen molar-refractivity contribution in [3.63, 3.8) is 0 Å². The Hall–Kier alpha value is -0.940. The molecule has 1 rings (SSSR count). The average molecular weight is 186 g/mol. The molecule has 0 saturated carbocycles. The van der Waals surface area contributed by atoms with Crippen molar-refractivity contribution >= 4 is 12.2 Å². The van der Waals surface area contributed by atoms with Crippen LogP contribution in [0.4, 0.5) is 0 Å². The molecular formula is C8H14N2O3. The van der Waals surface area contributed by atoms with Gasteiger partial charge in [-0.25, -0.2) is 0 Å². The molecule has 5 heteroatoms. The van der Waals surface area contributed by atoms with E-state index in [4.69, 9.17) is 5.11 Å². The maximum absolute atomic E-state index is 11.0. The third kappa shape index (κ3) is 2.78. The van der Waals surface area contributed by atoms with Crippen LogP contribution in [0.25, 0.3) is 0 Å². The highest BCUT2D eigenvalue weighted by Crippen LogP contribution is 2.00. The predicted molar refractivity (Wildman–Crippen MR) is 46.2 cm³/mol. The van der Waals surface area contributed by atoms with Crippen LogP contribution >= 0.6 is 0 Å². The Kier molecular flexibility index (Phi) is 3.85. The van der Waals surface area contributed by atoms with Crippen LogP contribution in [-0.2, 0) is 9.59 Å². The van der Waals surface area contributed by atoms with Gasteiger partial charge >= 0.3 is 0 Å². The highest BCUT2D eigenvalue weighted by atomic mass is 16.3. The van der Waals surface area contributed by atoms with E-state index >= 15 is 0 Å². The van der Waals surface area contributed by atoms with E-state index in [2.05, 4.69) is 0 Å². The fourth-order valence-corrected chi connectivity index (χ4v) is 1.39. The minimum atomic E-state index is -0.423. The van der Waals surface area contributed by atoms with Crippen LogP contribution in [0.1, 0.15) is 0 Å². The second-order valence-corrected chi connectivity index (χ2v) is 3.01. The van der Waals surface area contributed by atoms with E-state index in [1.54, 1.807) is 4.90 Å². The van der Waals surface area contributed by atoms with Crippen LogP contribution < -0.4 is 0 Å². The summed E-state index contributed by atoms with van der Waals surface area (Å²) in [5.74, 6) is -0.231. The molecule has 5 nitrogen and oxygen atoms in total. The van der Waals surface area contributed by atoms with Crippen molar-refractivity contribution in [1.82, 2.24) is 9.80 Å². The Labute approximate surface area is 76.9 Å². The highest BCUT2D eigenvalue weighted by Gasteiger charge is 2.19. The summed E-state index contributed by atoms with van der Waals surface area (Å²) in [5.41, 5.74) is 0. The van der Waals surface area contributed by atoms with E-state index < -0.39 is 6.61 Å². The minimum absolute atomic E-state index is 0.231. The number of hydrogen-bond acceptors (Lipinski definition) is 4. The van der Waals surface area contributed by atoms with Crippen molar-refractivity contribution in [2.45, 2.75) is 0 Å². The number of carbonyl (C=O) groups is 2. The summed E-state index contributed by atoms with van der Waals surface area (Å²) in [5, 5.41) is 8.60. The minimum Gasteiger partial charge on any atom is -0.387 e. The molecular weight excluding hydrogens is 172 g/mol. The van der Waals surface area contributed by atoms with Gasteiger partial charge in [0.05, 0.1) is 6.54 Å². The first kappa shape index (κ1) is 10.1. The van der Waals surface area contributed by atoms with E-state index in [-0.39, 0.29) is 5.91 Å². The zero-order valence-electron chi connectivity index (χ0n) is 7.48. The lowest BCUT2D eigenvalue weighted by Crippen LogP contribution is -2.49. The van der Waals surface area contributed by atoms with Gasteiger partial charge in [0, 0.05) is 26.2 Å². The maximum atomic E-state index is 11.0. The quantitative estimate of drug-likeness (QED) is 0.535. The molecule has 0 atom stereocenters. The lowest BCUT2D eigenvalue weighted by molar-refractivity contribution is -0.135. The summed E-state index contributed by atoms with van der Waals surface area (Å²) in [4.78, 5) is 24.8. The van der Waals surface area contributed by atoms with Crippen LogP contribution in [0, 0.1) is 0 Å². The van der Waals surface area contributed by atoms with E-state index in [1.807, 2.05) is 4.90 Å². The molecule has 0 aromatic carbocycles. The molecule has 74 valence electrons. The second-order valence-electron chi connectivity index (χ2n) is 3.01. The topological polar surface area (TPSA) is 60.9 Å². The van der Waals surface area contributed by atoms with Gasteiger partial charge in [-0.3, -0.25) is 9.69 Å². The van der Waals surface area contributed by atoms with Crippen LogP contribution in [0.15, 0.2) is 0 Å². The Morgan fingerprint density at radius 1 is 1.31 bits per heavy atom. The molecule has 1 saturated heterocycles. The zero-order valence-corrected chi connectivity index (χ0v) is 7.48. The number of rotatable bonds is 3. The van der Waals surface area contributed by atoms with E-state index in [0.29, 0.717) is 32.7 Å². The molecule has 1 amide bonds. The summed E-state index contributed by atoms with van der Waals surface area (Å²) >= 11 is 0. The summed E-state index contributed by atoms with van der Waals surface area (Å²) in [6.45, 7) is 2.64. The maximum Gasteiger partial charge on any atom is 0.248 e. The molecule has 0 aliphatic carbocycles.